The fraction of sp³-hybridized carbons (Fsp3) is 0.200. The van der Waals surface area contributed by atoms with Gasteiger partial charge in [-0.25, -0.2) is 0 Å². The molecule has 1 aromatic rings. The Morgan fingerprint density at radius 1 is 1.44 bits per heavy atom. The van der Waals surface area contributed by atoms with Crippen LogP contribution < -0.4 is 0 Å². The number of aliphatic carboxylic acids is 1. The van der Waals surface area contributed by atoms with Crippen LogP contribution in [0.4, 0.5) is 0 Å². The number of aromatic hydroxyl groups is 1. The first-order chi connectivity index (χ1) is 7.41. The summed E-state index contributed by atoms with van der Waals surface area (Å²) < 4.78 is 0.634. The lowest BCUT2D eigenvalue weighted by molar-refractivity contribution is -0.137. The summed E-state index contributed by atoms with van der Waals surface area (Å²) in [6, 6.07) is 4.46. The van der Waals surface area contributed by atoms with E-state index in [4.69, 9.17) is 5.11 Å². The van der Waals surface area contributed by atoms with Gasteiger partial charge in [-0.2, -0.15) is 0 Å². The predicted molar refractivity (Wildman–Crippen MR) is 65.4 cm³/mol. The monoisotopic (exact) mass is 335 g/mol. The first-order valence-electron chi connectivity index (χ1n) is 4.37. The Morgan fingerprint density at radius 3 is 2.56 bits per heavy atom. The molecule has 0 aromatic heterocycles. The van der Waals surface area contributed by atoms with Gasteiger partial charge in [0, 0.05) is 12.6 Å². The Labute approximate surface area is 106 Å². The van der Waals surface area contributed by atoms with Gasteiger partial charge in [-0.15, -0.1) is 0 Å². The maximum absolute atomic E-state index is 11.7. The average Bonchev–Trinajstić information content (AvgIpc) is 2.20. The molecule has 5 nitrogen and oxygen atoms in total. The zero-order valence-corrected chi connectivity index (χ0v) is 10.6. The molecule has 0 heterocycles. The zero-order chi connectivity index (χ0) is 12.3. The largest absolute Gasteiger partial charge is 0.507 e. The van der Waals surface area contributed by atoms with Crippen LogP contribution in [0.5, 0.6) is 5.75 Å². The summed E-state index contributed by atoms with van der Waals surface area (Å²) in [5, 5.41) is 18.0. The fourth-order valence-electron chi connectivity index (χ4n) is 1.14. The second-order valence-corrected chi connectivity index (χ2v) is 4.38. The summed E-state index contributed by atoms with van der Waals surface area (Å²) >= 11 is 1.93. The van der Waals surface area contributed by atoms with Gasteiger partial charge < -0.3 is 15.1 Å². The summed E-state index contributed by atoms with van der Waals surface area (Å²) in [4.78, 5) is 23.2. The highest BCUT2D eigenvalue weighted by Crippen LogP contribution is 2.21. The lowest BCUT2D eigenvalue weighted by Gasteiger charge is -2.14. The van der Waals surface area contributed by atoms with Gasteiger partial charge in [-0.3, -0.25) is 9.59 Å². The van der Waals surface area contributed by atoms with Crippen molar-refractivity contribution in [1.82, 2.24) is 4.90 Å². The summed E-state index contributed by atoms with van der Waals surface area (Å²) in [6.07, 6.45) is 0. The van der Waals surface area contributed by atoms with Crippen LogP contribution in [0.2, 0.25) is 0 Å². The number of hydrogen-bond donors (Lipinski definition) is 2. The van der Waals surface area contributed by atoms with Gasteiger partial charge in [-0.1, -0.05) is 0 Å². The van der Waals surface area contributed by atoms with Crippen molar-refractivity contribution < 1.29 is 19.8 Å². The molecule has 1 rings (SSSR count). The number of phenols is 1. The molecule has 0 aliphatic carbocycles. The van der Waals surface area contributed by atoms with Crippen molar-refractivity contribution in [2.24, 2.45) is 0 Å². The van der Waals surface area contributed by atoms with Crippen molar-refractivity contribution in [3.8, 4) is 5.75 Å². The summed E-state index contributed by atoms with van der Waals surface area (Å²) in [6.45, 7) is -0.369. The molecule has 0 aliphatic heterocycles. The highest BCUT2D eigenvalue weighted by atomic mass is 127. The van der Waals surface area contributed by atoms with Gasteiger partial charge in [0.05, 0.1) is 3.57 Å². The molecule has 2 N–H and O–H groups in total. The first kappa shape index (κ1) is 12.8. The van der Waals surface area contributed by atoms with Gasteiger partial charge in [0.1, 0.15) is 12.3 Å². The number of carbonyl (C=O) groups is 2. The number of carbonyl (C=O) groups excluding carboxylic acids is 1. The van der Waals surface area contributed by atoms with Crippen LogP contribution in [0.15, 0.2) is 18.2 Å². The molecule has 1 amide bonds. The third-order valence-electron chi connectivity index (χ3n) is 1.91. The minimum absolute atomic E-state index is 0.00942. The predicted octanol–water partition coefficient (Wildman–Crippen LogP) is 1.15. The van der Waals surface area contributed by atoms with Gasteiger partial charge in [-0.05, 0) is 40.8 Å². The van der Waals surface area contributed by atoms with E-state index in [1.165, 1.54) is 13.1 Å². The SMILES string of the molecule is CN(CC(=O)O)C(=O)c1ccc(I)c(O)c1. The van der Waals surface area contributed by atoms with Gasteiger partial charge in [0.25, 0.3) is 5.91 Å². The molecule has 1 aromatic carbocycles. The molecule has 0 radical (unpaired) electrons. The normalized spacial score (nSPS) is 9.88. The topological polar surface area (TPSA) is 77.8 Å². The molecule has 0 atom stereocenters. The van der Waals surface area contributed by atoms with Crippen molar-refractivity contribution in [2.45, 2.75) is 0 Å². The lowest BCUT2D eigenvalue weighted by Crippen LogP contribution is -2.31. The molecular weight excluding hydrogens is 325 g/mol. The van der Waals surface area contributed by atoms with E-state index in [-0.39, 0.29) is 17.9 Å². The molecule has 0 bridgehead atoms. The van der Waals surface area contributed by atoms with E-state index < -0.39 is 11.9 Å². The van der Waals surface area contributed by atoms with Gasteiger partial charge in [0.15, 0.2) is 0 Å². The molecule has 0 unspecified atom stereocenters. The number of nitrogens with zero attached hydrogens (tertiary/aromatic N) is 1. The van der Waals surface area contributed by atoms with Crippen LogP contribution >= 0.6 is 22.6 Å². The summed E-state index contributed by atoms with van der Waals surface area (Å²) in [5.74, 6) is -1.50. The lowest BCUT2D eigenvalue weighted by atomic mass is 10.2. The fourth-order valence-corrected chi connectivity index (χ4v) is 1.48. The van der Waals surface area contributed by atoms with Crippen LogP contribution in [0.3, 0.4) is 0 Å². The quantitative estimate of drug-likeness (QED) is 0.813. The van der Waals surface area contributed by atoms with Gasteiger partial charge in [0.2, 0.25) is 0 Å². The Hall–Kier alpha value is -1.31. The Morgan fingerprint density at radius 2 is 2.06 bits per heavy atom. The molecule has 0 fully saturated rings. The minimum Gasteiger partial charge on any atom is -0.507 e. The van der Waals surface area contributed by atoms with Crippen molar-refractivity contribution in [1.29, 1.82) is 0 Å². The van der Waals surface area contributed by atoms with E-state index in [0.29, 0.717) is 3.57 Å². The Kier molecular flexibility index (Phi) is 4.11. The number of rotatable bonds is 3. The van der Waals surface area contributed by atoms with Crippen molar-refractivity contribution in [3.05, 3.63) is 27.3 Å². The number of likely N-dealkylation sites (N-methyl/N-ethyl adjacent to an activating group) is 1. The van der Waals surface area contributed by atoms with Gasteiger partial charge >= 0.3 is 5.97 Å². The Bertz CT molecular complexity index is 433. The molecule has 0 saturated carbocycles. The molecule has 0 saturated heterocycles. The minimum atomic E-state index is -1.08. The van der Waals surface area contributed by atoms with E-state index in [1.807, 2.05) is 22.6 Å². The van der Waals surface area contributed by atoms with E-state index >= 15 is 0 Å². The van der Waals surface area contributed by atoms with Crippen LogP contribution in [-0.2, 0) is 4.79 Å². The molecule has 0 spiro atoms. The van der Waals surface area contributed by atoms with Crippen LogP contribution in [0, 0.1) is 3.57 Å². The summed E-state index contributed by atoms with van der Waals surface area (Å²) in [5.41, 5.74) is 0.265. The van der Waals surface area contributed by atoms with E-state index in [0.717, 1.165) is 4.90 Å². The Balaban J connectivity index is 2.88. The van der Waals surface area contributed by atoms with Crippen molar-refractivity contribution in [2.75, 3.05) is 13.6 Å². The second-order valence-electron chi connectivity index (χ2n) is 3.22. The molecule has 6 heteroatoms. The second kappa shape index (κ2) is 5.15. The summed E-state index contributed by atoms with van der Waals surface area (Å²) in [7, 11) is 1.39. The average molecular weight is 335 g/mol. The van der Waals surface area contributed by atoms with Crippen LogP contribution in [0.1, 0.15) is 10.4 Å². The first-order valence-corrected chi connectivity index (χ1v) is 5.45. The number of benzene rings is 1. The van der Waals surface area contributed by atoms with E-state index in [2.05, 4.69) is 0 Å². The number of hydrogen-bond acceptors (Lipinski definition) is 3. The smallest absolute Gasteiger partial charge is 0.323 e. The molecule has 0 aliphatic rings. The number of amides is 1. The standard InChI is InChI=1S/C10H10INO4/c1-12(5-9(14)15)10(16)6-2-3-7(11)8(13)4-6/h2-4,13H,5H2,1H3,(H,14,15). The van der Waals surface area contributed by atoms with Crippen molar-refractivity contribution in [3.63, 3.8) is 0 Å². The molecule has 16 heavy (non-hydrogen) atoms. The zero-order valence-electron chi connectivity index (χ0n) is 8.48. The van der Waals surface area contributed by atoms with Crippen LogP contribution in [0.25, 0.3) is 0 Å². The third kappa shape index (κ3) is 3.09. The van der Waals surface area contributed by atoms with Crippen molar-refractivity contribution >= 4 is 34.5 Å². The number of phenolic OH excluding ortho intramolecular Hbond substituents is 1. The molecule has 86 valence electrons. The number of carboxylic acids is 1. The maximum Gasteiger partial charge on any atom is 0.323 e. The van der Waals surface area contributed by atoms with Crippen LogP contribution in [-0.4, -0.2) is 40.6 Å². The molecular formula is C10H10INO4. The number of carboxylic acid groups (broad SMARTS) is 1. The third-order valence-corrected chi connectivity index (χ3v) is 2.82. The van der Waals surface area contributed by atoms with E-state index in [1.54, 1.807) is 12.1 Å². The maximum atomic E-state index is 11.7. The highest BCUT2D eigenvalue weighted by molar-refractivity contribution is 14.1. The number of halogens is 1. The van der Waals surface area contributed by atoms with E-state index in [9.17, 15) is 14.7 Å². The highest BCUT2D eigenvalue weighted by Gasteiger charge is 2.15.